The van der Waals surface area contributed by atoms with Crippen LogP contribution in [0.1, 0.15) is 0 Å². The molecule has 1 aliphatic rings. The molecule has 0 aliphatic carbocycles. The van der Waals surface area contributed by atoms with E-state index in [4.69, 9.17) is 21.3 Å². The number of nitrogens with zero attached hydrogens (tertiary/aromatic N) is 3. The maximum atomic E-state index is 12.5. The first-order valence-electron chi connectivity index (χ1n) is 8.64. The fourth-order valence-corrected chi connectivity index (χ4v) is 4.21. The molecule has 2 amide bonds. The maximum absolute atomic E-state index is 12.5. The number of halogens is 1. The SMILES string of the molecule is COc1cccc2sc(N3CCN(C(=O)Nc4ccc(Cl)cc4)CC3)nc12. The van der Waals surface area contributed by atoms with Crippen LogP contribution in [-0.2, 0) is 0 Å². The predicted molar refractivity (Wildman–Crippen MR) is 110 cm³/mol. The van der Waals surface area contributed by atoms with Crippen LogP contribution < -0.4 is 15.0 Å². The standard InChI is InChI=1S/C19H19ClN4O2S/c1-26-15-3-2-4-16-17(15)22-19(27-16)24-11-9-23(10-12-24)18(25)21-14-7-5-13(20)6-8-14/h2-8H,9-12H2,1H3,(H,21,25). The molecule has 2 aromatic carbocycles. The number of piperazine rings is 1. The number of para-hydroxylation sites is 1. The Morgan fingerprint density at radius 2 is 1.89 bits per heavy atom. The third-order valence-corrected chi connectivity index (χ3v) is 5.86. The van der Waals surface area contributed by atoms with Crippen molar-refractivity contribution in [2.75, 3.05) is 43.5 Å². The first kappa shape index (κ1) is 17.9. The molecule has 1 N–H and O–H groups in total. The number of aromatic nitrogens is 1. The molecule has 4 rings (SSSR count). The van der Waals surface area contributed by atoms with Crippen LogP contribution in [-0.4, -0.2) is 49.2 Å². The number of carbonyl (C=O) groups excluding carboxylic acids is 1. The topological polar surface area (TPSA) is 57.7 Å². The Kier molecular flexibility index (Phi) is 5.05. The third kappa shape index (κ3) is 3.79. The molecule has 1 fully saturated rings. The minimum atomic E-state index is -0.0945. The van der Waals surface area contributed by atoms with Crippen molar-refractivity contribution in [1.29, 1.82) is 0 Å². The van der Waals surface area contributed by atoms with Crippen LogP contribution in [0.4, 0.5) is 15.6 Å². The van der Waals surface area contributed by atoms with Crippen molar-refractivity contribution in [3.05, 3.63) is 47.5 Å². The van der Waals surface area contributed by atoms with Gasteiger partial charge in [0.05, 0.1) is 11.8 Å². The zero-order chi connectivity index (χ0) is 18.8. The van der Waals surface area contributed by atoms with Crippen LogP contribution in [0.3, 0.4) is 0 Å². The summed E-state index contributed by atoms with van der Waals surface area (Å²) in [6.07, 6.45) is 0. The van der Waals surface area contributed by atoms with Gasteiger partial charge in [-0.2, -0.15) is 0 Å². The summed E-state index contributed by atoms with van der Waals surface area (Å²) in [6, 6.07) is 13.0. The highest BCUT2D eigenvalue weighted by atomic mass is 35.5. The van der Waals surface area contributed by atoms with E-state index >= 15 is 0 Å². The molecule has 3 aromatic rings. The van der Waals surface area contributed by atoms with Gasteiger partial charge in [0.2, 0.25) is 0 Å². The summed E-state index contributed by atoms with van der Waals surface area (Å²) in [5.41, 5.74) is 1.63. The van der Waals surface area contributed by atoms with E-state index in [2.05, 4.69) is 16.3 Å². The molecule has 0 spiro atoms. The molecular formula is C19H19ClN4O2S. The Morgan fingerprint density at radius 1 is 1.15 bits per heavy atom. The van der Waals surface area contributed by atoms with Crippen molar-refractivity contribution >= 4 is 50.0 Å². The van der Waals surface area contributed by atoms with Gasteiger partial charge in [-0.3, -0.25) is 0 Å². The summed E-state index contributed by atoms with van der Waals surface area (Å²) >= 11 is 7.53. The second-order valence-corrected chi connectivity index (χ2v) is 7.66. The van der Waals surface area contributed by atoms with E-state index in [0.717, 1.165) is 39.9 Å². The molecule has 0 saturated carbocycles. The number of hydrogen-bond donors (Lipinski definition) is 1. The highest BCUT2D eigenvalue weighted by Crippen LogP contribution is 2.34. The van der Waals surface area contributed by atoms with E-state index < -0.39 is 0 Å². The van der Waals surface area contributed by atoms with Crippen molar-refractivity contribution in [1.82, 2.24) is 9.88 Å². The number of amides is 2. The Hall–Kier alpha value is -2.51. The van der Waals surface area contributed by atoms with E-state index in [1.54, 1.807) is 42.7 Å². The quantitative estimate of drug-likeness (QED) is 0.709. The number of urea groups is 1. The summed E-state index contributed by atoms with van der Waals surface area (Å²) in [5.74, 6) is 0.788. The van der Waals surface area contributed by atoms with Gasteiger partial charge in [0.25, 0.3) is 0 Å². The number of rotatable bonds is 3. The average Bonchev–Trinajstić information content (AvgIpc) is 3.14. The second-order valence-electron chi connectivity index (χ2n) is 6.21. The number of anilines is 2. The first-order valence-corrected chi connectivity index (χ1v) is 9.83. The lowest BCUT2D eigenvalue weighted by Crippen LogP contribution is -2.50. The Morgan fingerprint density at radius 3 is 2.59 bits per heavy atom. The fraction of sp³-hybridized carbons (Fsp3) is 0.263. The molecule has 2 heterocycles. The molecule has 1 aliphatic heterocycles. The maximum Gasteiger partial charge on any atom is 0.321 e. The molecule has 1 aromatic heterocycles. The van der Waals surface area contributed by atoms with E-state index in [1.165, 1.54) is 0 Å². The first-order chi connectivity index (χ1) is 13.1. The van der Waals surface area contributed by atoms with Gasteiger partial charge in [-0.1, -0.05) is 29.0 Å². The monoisotopic (exact) mass is 402 g/mol. The van der Waals surface area contributed by atoms with Gasteiger partial charge >= 0.3 is 6.03 Å². The minimum Gasteiger partial charge on any atom is -0.494 e. The largest absolute Gasteiger partial charge is 0.494 e. The van der Waals surface area contributed by atoms with Gasteiger partial charge in [-0.25, -0.2) is 9.78 Å². The number of methoxy groups -OCH3 is 1. The summed E-state index contributed by atoms with van der Waals surface area (Å²) in [5, 5.41) is 4.52. The normalized spacial score (nSPS) is 14.4. The molecule has 27 heavy (non-hydrogen) atoms. The van der Waals surface area contributed by atoms with Crippen LogP contribution in [0.2, 0.25) is 5.02 Å². The molecule has 1 saturated heterocycles. The molecule has 6 nitrogen and oxygen atoms in total. The Bertz CT molecular complexity index is 952. The number of ether oxygens (including phenoxy) is 1. The average molecular weight is 403 g/mol. The number of fused-ring (bicyclic) bond motifs is 1. The Labute approximate surface area is 166 Å². The highest BCUT2D eigenvalue weighted by Gasteiger charge is 2.23. The van der Waals surface area contributed by atoms with Crippen LogP contribution in [0.15, 0.2) is 42.5 Å². The van der Waals surface area contributed by atoms with E-state index in [-0.39, 0.29) is 6.03 Å². The van der Waals surface area contributed by atoms with Crippen LogP contribution in [0.5, 0.6) is 5.75 Å². The summed E-state index contributed by atoms with van der Waals surface area (Å²) in [6.45, 7) is 2.78. The number of carbonyl (C=O) groups is 1. The predicted octanol–water partition coefficient (Wildman–Crippen LogP) is 4.31. The van der Waals surface area contributed by atoms with Gasteiger partial charge in [0.1, 0.15) is 11.3 Å². The molecular weight excluding hydrogens is 384 g/mol. The molecule has 140 valence electrons. The summed E-state index contributed by atoms with van der Waals surface area (Å²) in [7, 11) is 1.66. The zero-order valence-corrected chi connectivity index (χ0v) is 16.4. The molecule has 8 heteroatoms. The number of hydrogen-bond acceptors (Lipinski definition) is 5. The molecule has 0 bridgehead atoms. The number of thiazole rings is 1. The van der Waals surface area contributed by atoms with E-state index in [0.29, 0.717) is 18.1 Å². The Balaban J connectivity index is 1.40. The summed E-state index contributed by atoms with van der Waals surface area (Å²) in [4.78, 5) is 21.2. The number of nitrogens with one attached hydrogen (secondary N) is 1. The molecule has 0 unspecified atom stereocenters. The van der Waals surface area contributed by atoms with E-state index in [1.807, 2.05) is 17.0 Å². The fourth-order valence-electron chi connectivity index (χ4n) is 3.05. The van der Waals surface area contributed by atoms with Gasteiger partial charge in [0.15, 0.2) is 5.13 Å². The van der Waals surface area contributed by atoms with Crippen LogP contribution in [0, 0.1) is 0 Å². The minimum absolute atomic E-state index is 0.0945. The van der Waals surface area contributed by atoms with E-state index in [9.17, 15) is 4.79 Å². The van der Waals surface area contributed by atoms with Crippen molar-refractivity contribution in [3.63, 3.8) is 0 Å². The lowest BCUT2D eigenvalue weighted by Gasteiger charge is -2.34. The molecule has 0 radical (unpaired) electrons. The zero-order valence-electron chi connectivity index (χ0n) is 14.8. The lowest BCUT2D eigenvalue weighted by molar-refractivity contribution is 0.208. The van der Waals surface area contributed by atoms with Crippen LogP contribution >= 0.6 is 22.9 Å². The third-order valence-electron chi connectivity index (χ3n) is 4.52. The number of benzene rings is 2. The smallest absolute Gasteiger partial charge is 0.321 e. The highest BCUT2D eigenvalue weighted by molar-refractivity contribution is 7.22. The van der Waals surface area contributed by atoms with Crippen LogP contribution in [0.25, 0.3) is 10.2 Å². The summed E-state index contributed by atoms with van der Waals surface area (Å²) < 4.78 is 6.50. The van der Waals surface area contributed by atoms with Crippen molar-refractivity contribution in [2.45, 2.75) is 0 Å². The van der Waals surface area contributed by atoms with Gasteiger partial charge in [0, 0.05) is 36.9 Å². The van der Waals surface area contributed by atoms with Gasteiger partial charge in [-0.05, 0) is 36.4 Å². The lowest BCUT2D eigenvalue weighted by atomic mass is 10.3. The van der Waals surface area contributed by atoms with Crippen molar-refractivity contribution < 1.29 is 9.53 Å². The van der Waals surface area contributed by atoms with Crippen molar-refractivity contribution in [2.24, 2.45) is 0 Å². The van der Waals surface area contributed by atoms with Gasteiger partial charge < -0.3 is 19.9 Å². The van der Waals surface area contributed by atoms with Gasteiger partial charge in [-0.15, -0.1) is 0 Å². The second kappa shape index (κ2) is 7.62. The van der Waals surface area contributed by atoms with Crippen molar-refractivity contribution in [3.8, 4) is 5.75 Å². The molecule has 0 atom stereocenters.